The van der Waals surface area contributed by atoms with Crippen LogP contribution in [0.5, 0.6) is 5.75 Å². The van der Waals surface area contributed by atoms with Gasteiger partial charge in [0, 0.05) is 12.2 Å². The third kappa shape index (κ3) is 3.93. The van der Waals surface area contributed by atoms with Gasteiger partial charge in [0.05, 0.1) is 5.69 Å². The zero-order valence-electron chi connectivity index (χ0n) is 12.4. The zero-order valence-corrected chi connectivity index (χ0v) is 12.4. The molecule has 0 aliphatic carbocycles. The standard InChI is InChI=1S/C16H26N2O/c1-12(2)14-5-4-9-18(10-8-14)11-15-16(19)7-6-13(3)17-15/h6-7,12,14,19H,4-5,8-11H2,1-3H3. The summed E-state index contributed by atoms with van der Waals surface area (Å²) < 4.78 is 0. The van der Waals surface area contributed by atoms with Gasteiger partial charge in [0.2, 0.25) is 0 Å². The molecule has 106 valence electrons. The number of rotatable bonds is 3. The van der Waals surface area contributed by atoms with Crippen molar-refractivity contribution in [1.29, 1.82) is 0 Å². The van der Waals surface area contributed by atoms with Gasteiger partial charge >= 0.3 is 0 Å². The van der Waals surface area contributed by atoms with Gasteiger partial charge in [-0.25, -0.2) is 0 Å². The summed E-state index contributed by atoms with van der Waals surface area (Å²) in [5, 5.41) is 9.89. The summed E-state index contributed by atoms with van der Waals surface area (Å²) in [5.41, 5.74) is 1.80. The van der Waals surface area contributed by atoms with Crippen molar-refractivity contribution in [3.05, 3.63) is 23.5 Å². The van der Waals surface area contributed by atoms with Crippen LogP contribution in [0.3, 0.4) is 0 Å². The van der Waals surface area contributed by atoms with E-state index in [1.807, 2.05) is 13.0 Å². The molecule has 0 spiro atoms. The molecule has 0 amide bonds. The maximum atomic E-state index is 9.89. The Balaban J connectivity index is 1.98. The fourth-order valence-corrected chi connectivity index (χ4v) is 2.94. The normalized spacial score (nSPS) is 21.6. The van der Waals surface area contributed by atoms with Gasteiger partial charge in [0.15, 0.2) is 0 Å². The molecule has 19 heavy (non-hydrogen) atoms. The molecule has 1 N–H and O–H groups in total. The van der Waals surface area contributed by atoms with Gasteiger partial charge in [-0.3, -0.25) is 9.88 Å². The molecule has 1 aliphatic heterocycles. The summed E-state index contributed by atoms with van der Waals surface area (Å²) in [7, 11) is 0. The first-order chi connectivity index (χ1) is 9.06. The first-order valence-electron chi connectivity index (χ1n) is 7.44. The number of hydrogen-bond donors (Lipinski definition) is 1. The topological polar surface area (TPSA) is 36.4 Å². The Labute approximate surface area is 116 Å². The monoisotopic (exact) mass is 262 g/mol. The molecule has 1 atom stereocenters. The molecule has 1 unspecified atom stereocenters. The molecular weight excluding hydrogens is 236 g/mol. The highest BCUT2D eigenvalue weighted by atomic mass is 16.3. The van der Waals surface area contributed by atoms with E-state index in [1.165, 1.54) is 19.3 Å². The summed E-state index contributed by atoms with van der Waals surface area (Å²) in [5.74, 6) is 1.96. The van der Waals surface area contributed by atoms with Crippen molar-refractivity contribution >= 4 is 0 Å². The predicted octanol–water partition coefficient (Wildman–Crippen LogP) is 3.35. The average Bonchev–Trinajstić information content (AvgIpc) is 2.59. The van der Waals surface area contributed by atoms with Crippen LogP contribution in [-0.2, 0) is 6.54 Å². The highest BCUT2D eigenvalue weighted by molar-refractivity contribution is 5.27. The molecule has 2 rings (SSSR count). The molecule has 1 fully saturated rings. The minimum absolute atomic E-state index is 0.329. The zero-order chi connectivity index (χ0) is 13.8. The van der Waals surface area contributed by atoms with E-state index in [4.69, 9.17) is 0 Å². The number of aryl methyl sites for hydroxylation is 1. The maximum Gasteiger partial charge on any atom is 0.138 e. The second-order valence-electron chi connectivity index (χ2n) is 6.13. The van der Waals surface area contributed by atoms with Gasteiger partial charge in [-0.15, -0.1) is 0 Å². The van der Waals surface area contributed by atoms with Crippen LogP contribution in [0.4, 0.5) is 0 Å². The molecule has 3 heteroatoms. The molecule has 0 saturated carbocycles. The molecule has 1 aliphatic rings. The second-order valence-corrected chi connectivity index (χ2v) is 6.13. The average molecular weight is 262 g/mol. The Morgan fingerprint density at radius 2 is 2.11 bits per heavy atom. The van der Waals surface area contributed by atoms with Crippen molar-refractivity contribution in [2.45, 2.75) is 46.6 Å². The van der Waals surface area contributed by atoms with Crippen molar-refractivity contribution in [2.75, 3.05) is 13.1 Å². The van der Waals surface area contributed by atoms with Crippen LogP contribution in [0.2, 0.25) is 0 Å². The molecule has 1 saturated heterocycles. The number of aromatic nitrogens is 1. The molecule has 3 nitrogen and oxygen atoms in total. The minimum atomic E-state index is 0.329. The quantitative estimate of drug-likeness (QED) is 0.907. The van der Waals surface area contributed by atoms with Crippen molar-refractivity contribution in [1.82, 2.24) is 9.88 Å². The Bertz CT molecular complexity index is 417. The molecule has 2 heterocycles. The van der Waals surface area contributed by atoms with Crippen LogP contribution < -0.4 is 0 Å². The molecule has 1 aromatic rings. The number of pyridine rings is 1. The van der Waals surface area contributed by atoms with E-state index in [0.717, 1.165) is 42.9 Å². The fraction of sp³-hybridized carbons (Fsp3) is 0.688. The van der Waals surface area contributed by atoms with E-state index < -0.39 is 0 Å². The van der Waals surface area contributed by atoms with Gasteiger partial charge < -0.3 is 5.11 Å². The molecule has 0 bridgehead atoms. The predicted molar refractivity (Wildman–Crippen MR) is 78.1 cm³/mol. The van der Waals surface area contributed by atoms with Gasteiger partial charge in [0.25, 0.3) is 0 Å². The van der Waals surface area contributed by atoms with Crippen molar-refractivity contribution in [3.63, 3.8) is 0 Å². The van der Waals surface area contributed by atoms with Crippen molar-refractivity contribution < 1.29 is 5.11 Å². The van der Waals surface area contributed by atoms with Gasteiger partial charge in [-0.1, -0.05) is 13.8 Å². The van der Waals surface area contributed by atoms with Crippen molar-refractivity contribution in [2.24, 2.45) is 11.8 Å². The Morgan fingerprint density at radius 1 is 1.32 bits per heavy atom. The Hall–Kier alpha value is -1.09. The minimum Gasteiger partial charge on any atom is -0.506 e. The summed E-state index contributed by atoms with van der Waals surface area (Å²) in [6.45, 7) is 9.65. The maximum absolute atomic E-state index is 9.89. The van der Waals surface area contributed by atoms with Gasteiger partial charge in [0.1, 0.15) is 5.75 Å². The third-order valence-electron chi connectivity index (χ3n) is 4.27. The van der Waals surface area contributed by atoms with Crippen LogP contribution in [-0.4, -0.2) is 28.1 Å². The van der Waals surface area contributed by atoms with E-state index in [0.29, 0.717) is 5.75 Å². The lowest BCUT2D eigenvalue weighted by Gasteiger charge is -2.21. The summed E-state index contributed by atoms with van der Waals surface area (Å²) in [4.78, 5) is 6.89. The van der Waals surface area contributed by atoms with E-state index >= 15 is 0 Å². The second kappa shape index (κ2) is 6.38. The highest BCUT2D eigenvalue weighted by Gasteiger charge is 2.20. The highest BCUT2D eigenvalue weighted by Crippen LogP contribution is 2.26. The smallest absolute Gasteiger partial charge is 0.138 e. The van der Waals surface area contributed by atoms with E-state index in [2.05, 4.69) is 23.7 Å². The van der Waals surface area contributed by atoms with Crippen LogP contribution in [0, 0.1) is 18.8 Å². The molecule has 1 aromatic heterocycles. The van der Waals surface area contributed by atoms with Crippen LogP contribution >= 0.6 is 0 Å². The molecule has 0 radical (unpaired) electrons. The first-order valence-corrected chi connectivity index (χ1v) is 7.44. The third-order valence-corrected chi connectivity index (χ3v) is 4.27. The number of nitrogens with zero attached hydrogens (tertiary/aromatic N) is 2. The van der Waals surface area contributed by atoms with Crippen LogP contribution in [0.15, 0.2) is 12.1 Å². The number of hydrogen-bond acceptors (Lipinski definition) is 3. The lowest BCUT2D eigenvalue weighted by Crippen LogP contribution is -2.25. The largest absolute Gasteiger partial charge is 0.506 e. The fourth-order valence-electron chi connectivity index (χ4n) is 2.94. The Kier molecular flexibility index (Phi) is 4.81. The van der Waals surface area contributed by atoms with Gasteiger partial charge in [-0.2, -0.15) is 0 Å². The lowest BCUT2D eigenvalue weighted by molar-refractivity contribution is 0.258. The first kappa shape index (κ1) is 14.3. The summed E-state index contributed by atoms with van der Waals surface area (Å²) in [6, 6.07) is 3.61. The molecular formula is C16H26N2O. The SMILES string of the molecule is Cc1ccc(O)c(CN2CCCC(C(C)C)CC2)n1. The molecule has 0 aromatic carbocycles. The van der Waals surface area contributed by atoms with Gasteiger partial charge in [-0.05, 0) is 63.2 Å². The lowest BCUT2D eigenvalue weighted by atomic mass is 9.89. The summed E-state index contributed by atoms with van der Waals surface area (Å²) in [6.07, 6.45) is 3.86. The number of aromatic hydroxyl groups is 1. The van der Waals surface area contributed by atoms with Crippen LogP contribution in [0.25, 0.3) is 0 Å². The van der Waals surface area contributed by atoms with Crippen LogP contribution in [0.1, 0.15) is 44.5 Å². The van der Waals surface area contributed by atoms with E-state index in [9.17, 15) is 5.11 Å². The van der Waals surface area contributed by atoms with Crippen molar-refractivity contribution in [3.8, 4) is 5.75 Å². The van der Waals surface area contributed by atoms with E-state index in [-0.39, 0.29) is 0 Å². The Morgan fingerprint density at radius 3 is 2.84 bits per heavy atom. The number of likely N-dealkylation sites (tertiary alicyclic amines) is 1. The van der Waals surface area contributed by atoms with E-state index in [1.54, 1.807) is 6.07 Å². The summed E-state index contributed by atoms with van der Waals surface area (Å²) >= 11 is 0.